The molecule has 0 saturated heterocycles. The van der Waals surface area contributed by atoms with Gasteiger partial charge in [0.2, 0.25) is 5.75 Å². The van der Waals surface area contributed by atoms with E-state index in [2.05, 4.69) is 9.97 Å². The van der Waals surface area contributed by atoms with Crippen molar-refractivity contribution in [2.24, 2.45) is 0 Å². The molecule has 12 nitrogen and oxygen atoms in total. The molecule has 0 bridgehead atoms. The smallest absolute Gasteiger partial charge is 0.395 e. The van der Waals surface area contributed by atoms with Gasteiger partial charge in [-0.25, -0.2) is 0 Å². The zero-order valence-corrected chi connectivity index (χ0v) is 13.2. The minimum Gasteiger partial charge on any atom is -0.500 e. The number of rotatable bonds is 6. The van der Waals surface area contributed by atoms with E-state index in [4.69, 9.17) is 4.74 Å². The quantitative estimate of drug-likeness (QED) is 0.506. The monoisotopic (exact) mass is 364 g/mol. The lowest BCUT2D eigenvalue weighted by atomic mass is 10.1. The molecule has 1 aromatic heterocycles. The summed E-state index contributed by atoms with van der Waals surface area (Å²) in [6.45, 7) is 1.78. The zero-order valence-electron chi connectivity index (χ0n) is 13.2. The predicted molar refractivity (Wildman–Crippen MR) is 88.0 cm³/mol. The Bertz CT molecular complexity index is 966. The highest BCUT2D eigenvalue weighted by atomic mass is 16.6. The number of benzene rings is 1. The van der Waals surface area contributed by atoms with Crippen molar-refractivity contribution in [3.05, 3.63) is 54.1 Å². The molecule has 1 heterocycles. The van der Waals surface area contributed by atoms with Crippen molar-refractivity contribution in [2.75, 3.05) is 6.61 Å². The van der Waals surface area contributed by atoms with E-state index >= 15 is 0 Å². The summed E-state index contributed by atoms with van der Waals surface area (Å²) in [7, 11) is 0. The molecule has 0 atom stereocenters. The maximum atomic E-state index is 11.6. The molecule has 0 radical (unpaired) electrons. The molecule has 0 fully saturated rings. The summed E-state index contributed by atoms with van der Waals surface area (Å²) in [5, 5.41) is 40.9. The largest absolute Gasteiger partial charge is 0.500 e. The fourth-order valence-electron chi connectivity index (χ4n) is 2.01. The molecule has 0 aliphatic rings. The third-order valence-electron chi connectivity index (χ3n) is 3.08. The first-order valence-electron chi connectivity index (χ1n) is 7.04. The number of nitro groups is 2. The second-order valence-electron chi connectivity index (χ2n) is 4.79. The topological polar surface area (TPSA) is 182 Å². The molecule has 0 spiro atoms. The first kappa shape index (κ1) is 18.4. The van der Waals surface area contributed by atoms with Gasteiger partial charge >= 0.3 is 16.9 Å². The molecule has 0 amide bonds. The highest BCUT2D eigenvalue weighted by molar-refractivity contribution is 5.72. The Hall–Kier alpha value is -3.96. The van der Waals surface area contributed by atoms with Crippen LogP contribution in [0.3, 0.4) is 0 Å². The molecule has 2 aromatic rings. The summed E-state index contributed by atoms with van der Waals surface area (Å²) in [5.41, 5.74) is -2.63. The second kappa shape index (κ2) is 7.29. The summed E-state index contributed by atoms with van der Waals surface area (Å²) in [4.78, 5) is 36.9. The van der Waals surface area contributed by atoms with Crippen LogP contribution < -0.4 is 10.3 Å². The van der Waals surface area contributed by atoms with Crippen molar-refractivity contribution in [1.29, 1.82) is 0 Å². The van der Waals surface area contributed by atoms with Gasteiger partial charge < -0.3 is 19.9 Å². The Kier molecular flexibility index (Phi) is 5.15. The van der Waals surface area contributed by atoms with E-state index in [1.165, 1.54) is 12.1 Å². The molecule has 136 valence electrons. The van der Waals surface area contributed by atoms with E-state index in [0.717, 1.165) is 12.1 Å². The number of phenolic OH excluding ortho intramolecular Hbond substituents is 1. The number of nitrogens with one attached hydrogen (secondary N) is 1. The van der Waals surface area contributed by atoms with Crippen LogP contribution in [0.1, 0.15) is 18.3 Å². The lowest BCUT2D eigenvalue weighted by Gasteiger charge is -2.07. The number of aromatic nitrogens is 2. The van der Waals surface area contributed by atoms with Gasteiger partial charge in [-0.1, -0.05) is 6.08 Å². The van der Waals surface area contributed by atoms with Crippen molar-refractivity contribution >= 4 is 23.5 Å². The lowest BCUT2D eigenvalue weighted by molar-refractivity contribution is -0.387. The third kappa shape index (κ3) is 3.75. The molecule has 3 N–H and O–H groups in total. The SMILES string of the molecule is CCOc1cc(/C=C/c2nc(O)c([N+](=O)[O-])c(=O)[nH]2)cc([N+](=O)[O-])c1O. The van der Waals surface area contributed by atoms with Gasteiger partial charge in [0.05, 0.1) is 16.5 Å². The second-order valence-corrected chi connectivity index (χ2v) is 4.79. The van der Waals surface area contributed by atoms with Gasteiger partial charge in [-0.2, -0.15) is 4.98 Å². The van der Waals surface area contributed by atoms with Gasteiger partial charge in [-0.15, -0.1) is 0 Å². The molecule has 0 aliphatic heterocycles. The number of aromatic hydroxyl groups is 2. The Morgan fingerprint density at radius 2 is 1.92 bits per heavy atom. The van der Waals surface area contributed by atoms with E-state index in [9.17, 15) is 35.2 Å². The van der Waals surface area contributed by atoms with Crippen LogP contribution >= 0.6 is 0 Å². The molecular weight excluding hydrogens is 352 g/mol. The molecule has 12 heteroatoms. The van der Waals surface area contributed by atoms with E-state index in [-0.39, 0.29) is 23.7 Å². The number of ether oxygens (including phenoxy) is 1. The van der Waals surface area contributed by atoms with Crippen molar-refractivity contribution in [3.8, 4) is 17.4 Å². The number of hydrogen-bond donors (Lipinski definition) is 3. The maximum Gasteiger partial charge on any atom is 0.395 e. The Morgan fingerprint density at radius 1 is 1.23 bits per heavy atom. The molecular formula is C14H12N4O8. The van der Waals surface area contributed by atoms with Gasteiger partial charge in [0, 0.05) is 6.07 Å². The van der Waals surface area contributed by atoms with Crippen LogP contribution in [0.5, 0.6) is 17.4 Å². The van der Waals surface area contributed by atoms with Crippen LogP contribution in [0.2, 0.25) is 0 Å². The van der Waals surface area contributed by atoms with Crippen molar-refractivity contribution in [2.45, 2.75) is 6.92 Å². The number of nitrogens with zero attached hydrogens (tertiary/aromatic N) is 3. The number of H-pyrrole nitrogens is 1. The van der Waals surface area contributed by atoms with E-state index in [0.29, 0.717) is 0 Å². The van der Waals surface area contributed by atoms with E-state index in [1.807, 2.05) is 0 Å². The van der Waals surface area contributed by atoms with Crippen molar-refractivity contribution < 1.29 is 24.8 Å². The minimum absolute atomic E-state index is 0.116. The maximum absolute atomic E-state index is 11.6. The average Bonchev–Trinajstić information content (AvgIpc) is 2.54. The normalized spacial score (nSPS) is 10.8. The Balaban J connectivity index is 2.46. The number of nitro benzene ring substituents is 1. The number of aromatic amines is 1. The van der Waals surface area contributed by atoms with E-state index < -0.39 is 38.4 Å². The first-order valence-corrected chi connectivity index (χ1v) is 7.04. The highest BCUT2D eigenvalue weighted by Crippen LogP contribution is 2.37. The fourth-order valence-corrected chi connectivity index (χ4v) is 2.01. The van der Waals surface area contributed by atoms with Crippen LogP contribution in [-0.4, -0.2) is 36.6 Å². The average molecular weight is 364 g/mol. The predicted octanol–water partition coefficient (Wildman–Crippen LogP) is 1.57. The summed E-state index contributed by atoms with van der Waals surface area (Å²) in [5.74, 6) is -2.03. The van der Waals surface area contributed by atoms with E-state index in [1.54, 1.807) is 6.92 Å². The molecule has 0 saturated carbocycles. The molecule has 0 aliphatic carbocycles. The Labute approximate surface area is 144 Å². The van der Waals surface area contributed by atoms with Gasteiger partial charge in [-0.3, -0.25) is 25.0 Å². The molecule has 0 unspecified atom stereocenters. The fraction of sp³-hybridized carbons (Fsp3) is 0.143. The zero-order chi connectivity index (χ0) is 19.4. The Morgan fingerprint density at radius 3 is 2.46 bits per heavy atom. The highest BCUT2D eigenvalue weighted by Gasteiger charge is 2.22. The van der Waals surface area contributed by atoms with Gasteiger partial charge in [0.1, 0.15) is 5.82 Å². The first-order chi connectivity index (χ1) is 12.2. The van der Waals surface area contributed by atoms with Crippen molar-refractivity contribution in [1.82, 2.24) is 9.97 Å². The summed E-state index contributed by atoms with van der Waals surface area (Å²) in [6.07, 6.45) is 2.44. The summed E-state index contributed by atoms with van der Waals surface area (Å²) in [6, 6.07) is 2.36. The van der Waals surface area contributed by atoms with Crippen LogP contribution in [0, 0.1) is 20.2 Å². The third-order valence-corrected chi connectivity index (χ3v) is 3.08. The summed E-state index contributed by atoms with van der Waals surface area (Å²) >= 11 is 0. The standard InChI is InChI=1S/C14H12N4O8/c1-2-26-9-6-7(5-8(12(9)19)17(22)23)3-4-10-15-13(20)11(18(24)25)14(21)16-10/h3-6,19H,2H2,1H3,(H2,15,16,20,21)/b4-3+. The van der Waals surface area contributed by atoms with Crippen LogP contribution in [-0.2, 0) is 0 Å². The van der Waals surface area contributed by atoms with Gasteiger partial charge in [-0.05, 0) is 24.6 Å². The minimum atomic E-state index is -1.16. The van der Waals surface area contributed by atoms with Crippen molar-refractivity contribution in [3.63, 3.8) is 0 Å². The van der Waals surface area contributed by atoms with Gasteiger partial charge in [0.15, 0.2) is 5.75 Å². The lowest BCUT2D eigenvalue weighted by Crippen LogP contribution is -2.14. The van der Waals surface area contributed by atoms with Crippen LogP contribution in [0.25, 0.3) is 12.2 Å². The number of phenols is 1. The molecule has 2 rings (SSSR count). The van der Waals surface area contributed by atoms with Crippen LogP contribution in [0.15, 0.2) is 16.9 Å². The summed E-state index contributed by atoms with van der Waals surface area (Å²) < 4.78 is 5.12. The van der Waals surface area contributed by atoms with Crippen LogP contribution in [0.4, 0.5) is 11.4 Å². The molecule has 1 aromatic carbocycles. The van der Waals surface area contributed by atoms with Gasteiger partial charge in [0.25, 0.3) is 5.88 Å². The number of hydrogen-bond acceptors (Lipinski definition) is 9. The molecule has 26 heavy (non-hydrogen) atoms.